The number of hydrogen-bond acceptors (Lipinski definition) is 6. The normalized spacial score (nSPS) is 12.0. The molecule has 8 nitrogen and oxygen atoms in total. The Bertz CT molecular complexity index is 1140. The molecular weight excluding hydrogens is 403 g/mol. The van der Waals surface area contributed by atoms with Crippen LogP contribution in [0.5, 0.6) is 5.75 Å². The molecule has 1 amide bonds. The van der Waals surface area contributed by atoms with E-state index in [4.69, 9.17) is 4.18 Å². The number of aromatic nitrogens is 2. The first-order valence-corrected chi connectivity index (χ1v) is 8.96. The third-order valence-electron chi connectivity index (χ3n) is 3.52. The molecule has 12 heteroatoms. The number of H-pyrrole nitrogens is 1. The van der Waals surface area contributed by atoms with Gasteiger partial charge in [0.2, 0.25) is 5.95 Å². The van der Waals surface area contributed by atoms with E-state index < -0.39 is 32.8 Å². The average Bonchev–Trinajstić information content (AvgIpc) is 3.02. The first kappa shape index (κ1) is 19.5. The average molecular weight is 415 g/mol. The van der Waals surface area contributed by atoms with E-state index in [9.17, 15) is 26.4 Å². The zero-order valence-electron chi connectivity index (χ0n) is 14.1. The number of carbonyl (C=O) groups is 1. The van der Waals surface area contributed by atoms with E-state index in [0.29, 0.717) is 17.1 Å². The Balaban J connectivity index is 1.88. The Morgan fingerprint density at radius 2 is 1.93 bits per heavy atom. The number of amides is 1. The van der Waals surface area contributed by atoms with E-state index in [-0.39, 0.29) is 11.7 Å². The maximum atomic E-state index is 12.8. The van der Waals surface area contributed by atoms with Crippen molar-refractivity contribution in [2.75, 3.05) is 12.4 Å². The second-order valence-corrected chi connectivity index (χ2v) is 6.99. The summed E-state index contributed by atoms with van der Waals surface area (Å²) in [5.41, 5.74) is -0.405. The van der Waals surface area contributed by atoms with Crippen LogP contribution in [-0.4, -0.2) is 31.6 Å². The number of benzene rings is 2. The van der Waals surface area contributed by atoms with Crippen LogP contribution in [0.3, 0.4) is 0 Å². The molecule has 0 aliphatic rings. The zero-order valence-corrected chi connectivity index (χ0v) is 14.9. The number of nitrogens with one attached hydrogen (secondary N) is 2. The van der Waals surface area contributed by atoms with Crippen LogP contribution >= 0.6 is 0 Å². The molecule has 3 aromatic rings. The summed E-state index contributed by atoms with van der Waals surface area (Å²) < 4.78 is 72.4. The molecule has 3 rings (SSSR count). The molecule has 0 bridgehead atoms. The zero-order chi connectivity index (χ0) is 20.5. The van der Waals surface area contributed by atoms with Gasteiger partial charge in [0.25, 0.3) is 0 Å². The molecule has 0 atom stereocenters. The van der Waals surface area contributed by atoms with Gasteiger partial charge >= 0.3 is 22.4 Å². The monoisotopic (exact) mass is 415 g/mol. The van der Waals surface area contributed by atoms with Gasteiger partial charge in [0.1, 0.15) is 10.6 Å². The van der Waals surface area contributed by atoms with E-state index in [1.54, 1.807) is 0 Å². The van der Waals surface area contributed by atoms with Crippen molar-refractivity contribution in [3.63, 3.8) is 0 Å². The van der Waals surface area contributed by atoms with Gasteiger partial charge < -0.3 is 13.9 Å². The molecule has 148 valence electrons. The number of methoxy groups -OCH3 is 1. The van der Waals surface area contributed by atoms with Gasteiger partial charge in [0.05, 0.1) is 23.7 Å². The summed E-state index contributed by atoms with van der Waals surface area (Å²) in [4.78, 5) is 17.3. The Morgan fingerprint density at radius 1 is 1.18 bits per heavy atom. The Morgan fingerprint density at radius 3 is 2.61 bits per heavy atom. The summed E-state index contributed by atoms with van der Waals surface area (Å²) in [6.07, 6.45) is -5.45. The minimum Gasteiger partial charge on any atom is -0.453 e. The van der Waals surface area contributed by atoms with Crippen LogP contribution in [0.4, 0.5) is 23.9 Å². The van der Waals surface area contributed by atoms with Gasteiger partial charge in [-0.05, 0) is 30.3 Å². The molecule has 0 unspecified atom stereocenters. The number of carbonyl (C=O) groups excluding carboxylic acids is 1. The molecule has 0 spiro atoms. The van der Waals surface area contributed by atoms with Crippen LogP contribution < -0.4 is 9.50 Å². The van der Waals surface area contributed by atoms with Crippen LogP contribution in [0.25, 0.3) is 11.0 Å². The SMILES string of the molecule is COC(=O)Nc1nc2ccc(OS(=O)(=O)c3cccc(C(F)(F)F)c3)cc2[nH]1. The third-order valence-corrected chi connectivity index (χ3v) is 4.76. The molecular formula is C16H12F3N3O5S. The molecule has 0 saturated carbocycles. The van der Waals surface area contributed by atoms with Crippen molar-refractivity contribution in [1.82, 2.24) is 9.97 Å². The highest BCUT2D eigenvalue weighted by molar-refractivity contribution is 7.87. The number of halogens is 3. The molecule has 1 heterocycles. The summed E-state index contributed by atoms with van der Waals surface area (Å²) in [6.45, 7) is 0. The fourth-order valence-electron chi connectivity index (χ4n) is 2.25. The van der Waals surface area contributed by atoms with Crippen LogP contribution in [-0.2, 0) is 21.0 Å². The molecule has 0 aliphatic heterocycles. The summed E-state index contributed by atoms with van der Waals surface area (Å²) in [5, 5.41) is 2.30. The lowest BCUT2D eigenvalue weighted by atomic mass is 10.2. The van der Waals surface area contributed by atoms with Gasteiger partial charge in [-0.25, -0.2) is 9.78 Å². The third kappa shape index (κ3) is 4.17. The van der Waals surface area contributed by atoms with Crippen molar-refractivity contribution >= 4 is 33.2 Å². The quantitative estimate of drug-likeness (QED) is 0.631. The summed E-state index contributed by atoms with van der Waals surface area (Å²) >= 11 is 0. The number of hydrogen-bond donors (Lipinski definition) is 2. The van der Waals surface area contributed by atoms with E-state index in [0.717, 1.165) is 18.2 Å². The molecule has 2 aromatic carbocycles. The molecule has 2 N–H and O–H groups in total. The fraction of sp³-hybridized carbons (Fsp3) is 0.125. The minimum atomic E-state index is -4.69. The molecule has 0 aliphatic carbocycles. The number of imidazole rings is 1. The second-order valence-electron chi connectivity index (χ2n) is 5.44. The van der Waals surface area contributed by atoms with Crippen LogP contribution in [0.2, 0.25) is 0 Å². The van der Waals surface area contributed by atoms with Crippen LogP contribution in [0.1, 0.15) is 5.56 Å². The van der Waals surface area contributed by atoms with Crippen LogP contribution in [0, 0.1) is 0 Å². The Kier molecular flexibility index (Phi) is 4.89. The summed E-state index contributed by atoms with van der Waals surface area (Å²) in [6, 6.07) is 7.17. The van der Waals surface area contributed by atoms with Gasteiger partial charge in [-0.3, -0.25) is 5.32 Å². The lowest BCUT2D eigenvalue weighted by Gasteiger charge is -2.10. The van der Waals surface area contributed by atoms with Gasteiger partial charge in [0, 0.05) is 6.07 Å². The highest BCUT2D eigenvalue weighted by Gasteiger charge is 2.32. The Labute approximate surface area is 156 Å². The molecule has 0 fully saturated rings. The first-order valence-electron chi connectivity index (χ1n) is 7.55. The topological polar surface area (TPSA) is 110 Å². The van der Waals surface area contributed by atoms with Crippen molar-refractivity contribution in [3.8, 4) is 5.75 Å². The van der Waals surface area contributed by atoms with E-state index in [2.05, 4.69) is 20.0 Å². The van der Waals surface area contributed by atoms with Gasteiger partial charge in [-0.15, -0.1) is 0 Å². The lowest BCUT2D eigenvalue weighted by molar-refractivity contribution is -0.137. The van der Waals surface area contributed by atoms with E-state index in [1.807, 2.05) is 0 Å². The maximum Gasteiger partial charge on any atom is 0.416 e. The number of anilines is 1. The van der Waals surface area contributed by atoms with E-state index in [1.165, 1.54) is 25.3 Å². The van der Waals surface area contributed by atoms with Crippen molar-refractivity contribution in [1.29, 1.82) is 0 Å². The predicted molar refractivity (Wildman–Crippen MR) is 91.4 cm³/mol. The number of rotatable bonds is 4. The highest BCUT2D eigenvalue weighted by atomic mass is 32.2. The summed E-state index contributed by atoms with van der Waals surface area (Å²) in [7, 11) is -3.34. The molecule has 0 radical (unpaired) electrons. The number of fused-ring (bicyclic) bond motifs is 1. The van der Waals surface area contributed by atoms with Gasteiger partial charge in [-0.1, -0.05) is 6.07 Å². The van der Waals surface area contributed by atoms with Crippen molar-refractivity contribution in [2.45, 2.75) is 11.1 Å². The number of aromatic amines is 1. The van der Waals surface area contributed by atoms with Gasteiger partial charge in [0.15, 0.2) is 0 Å². The van der Waals surface area contributed by atoms with Crippen molar-refractivity contribution in [2.24, 2.45) is 0 Å². The minimum absolute atomic E-state index is 0.0553. The van der Waals surface area contributed by atoms with Crippen LogP contribution in [0.15, 0.2) is 47.4 Å². The maximum absolute atomic E-state index is 12.8. The molecule has 28 heavy (non-hydrogen) atoms. The van der Waals surface area contributed by atoms with E-state index >= 15 is 0 Å². The second kappa shape index (κ2) is 7.03. The predicted octanol–water partition coefficient (Wildman–Crippen LogP) is 3.53. The van der Waals surface area contributed by atoms with Crippen molar-refractivity contribution < 1.29 is 35.3 Å². The summed E-state index contributed by atoms with van der Waals surface area (Å²) in [5.74, 6) is -0.0992. The van der Waals surface area contributed by atoms with Crippen molar-refractivity contribution in [3.05, 3.63) is 48.0 Å². The van der Waals surface area contributed by atoms with Gasteiger partial charge in [-0.2, -0.15) is 21.6 Å². The lowest BCUT2D eigenvalue weighted by Crippen LogP contribution is -2.12. The smallest absolute Gasteiger partial charge is 0.416 e. The highest BCUT2D eigenvalue weighted by Crippen LogP contribution is 2.31. The Hall–Kier alpha value is -3.28. The molecule has 1 aromatic heterocycles. The molecule has 0 saturated heterocycles. The largest absolute Gasteiger partial charge is 0.453 e. The number of nitrogens with zero attached hydrogens (tertiary/aromatic N) is 1. The number of alkyl halides is 3. The first-order chi connectivity index (χ1) is 13.1. The fourth-order valence-corrected chi connectivity index (χ4v) is 3.22. The number of ether oxygens (including phenoxy) is 1. The standard InChI is InChI=1S/C16H12F3N3O5S/c1-26-15(23)22-14-20-12-6-5-10(8-13(12)21-14)27-28(24,25)11-4-2-3-9(7-11)16(17,18)19/h2-8H,1H3,(H2,20,21,22,23).